The molecule has 114 valence electrons. The smallest absolute Gasteiger partial charge is 0.243 e. The summed E-state index contributed by atoms with van der Waals surface area (Å²) in [5.74, 6) is -0.289. The molecule has 0 atom stereocenters. The van der Waals surface area contributed by atoms with Gasteiger partial charge in [-0.25, -0.2) is 8.42 Å². The van der Waals surface area contributed by atoms with E-state index in [0.717, 1.165) is 17.1 Å². The van der Waals surface area contributed by atoms with Gasteiger partial charge in [0.25, 0.3) is 0 Å². The third-order valence-corrected chi connectivity index (χ3v) is 5.21. The number of thiocarbonyl (C=S) groups is 1. The number of benzene rings is 1. The van der Waals surface area contributed by atoms with Crippen LogP contribution in [0.4, 0.5) is 0 Å². The fourth-order valence-electron chi connectivity index (χ4n) is 1.76. The van der Waals surface area contributed by atoms with E-state index in [1.165, 1.54) is 19.2 Å². The summed E-state index contributed by atoms with van der Waals surface area (Å²) in [4.78, 5) is 12.0. The Kier molecular flexibility index (Phi) is 4.60. The van der Waals surface area contributed by atoms with Crippen molar-refractivity contribution in [2.45, 2.75) is 23.8 Å². The molecule has 0 saturated heterocycles. The highest BCUT2D eigenvalue weighted by molar-refractivity contribution is 7.89. The first-order valence-electron chi connectivity index (χ1n) is 6.46. The van der Waals surface area contributed by atoms with Gasteiger partial charge in [-0.2, -0.15) is 4.31 Å². The lowest BCUT2D eigenvalue weighted by molar-refractivity contribution is -0.121. The lowest BCUT2D eigenvalue weighted by Crippen LogP contribution is -2.39. The van der Waals surface area contributed by atoms with Crippen LogP contribution >= 0.6 is 12.2 Å². The molecule has 0 unspecified atom stereocenters. The molecule has 6 nitrogen and oxygen atoms in total. The lowest BCUT2D eigenvalue weighted by atomic mass is 10.2. The van der Waals surface area contributed by atoms with Crippen molar-refractivity contribution in [2.75, 3.05) is 13.6 Å². The summed E-state index contributed by atoms with van der Waals surface area (Å²) in [5.41, 5.74) is 6.06. The number of nitrogens with two attached hydrogens (primary N) is 1. The molecule has 1 fully saturated rings. The second-order valence-electron chi connectivity index (χ2n) is 4.99. The number of sulfonamides is 1. The maximum absolute atomic E-state index is 12.3. The van der Waals surface area contributed by atoms with E-state index < -0.39 is 10.0 Å². The molecule has 0 aromatic heterocycles. The summed E-state index contributed by atoms with van der Waals surface area (Å²) < 4.78 is 25.7. The first-order chi connectivity index (χ1) is 9.80. The van der Waals surface area contributed by atoms with Gasteiger partial charge in [-0.3, -0.25) is 4.79 Å². The van der Waals surface area contributed by atoms with Gasteiger partial charge in [-0.15, -0.1) is 0 Å². The molecule has 1 amide bonds. The van der Waals surface area contributed by atoms with Crippen LogP contribution in [0.25, 0.3) is 0 Å². The van der Waals surface area contributed by atoms with Crippen molar-refractivity contribution in [3.8, 4) is 0 Å². The SMILES string of the molecule is CN(CC(=O)NC1CC1)S(=O)(=O)c1ccc(C(N)=S)cc1. The number of rotatable bonds is 6. The van der Waals surface area contributed by atoms with Crippen molar-refractivity contribution < 1.29 is 13.2 Å². The number of hydrogen-bond acceptors (Lipinski definition) is 4. The van der Waals surface area contributed by atoms with Crippen LogP contribution < -0.4 is 11.1 Å². The van der Waals surface area contributed by atoms with Crippen molar-refractivity contribution in [1.29, 1.82) is 0 Å². The van der Waals surface area contributed by atoms with E-state index in [-0.39, 0.29) is 28.4 Å². The molecule has 8 heteroatoms. The molecule has 1 saturated carbocycles. The predicted molar refractivity (Wildman–Crippen MR) is 83.3 cm³/mol. The Balaban J connectivity index is 2.08. The lowest BCUT2D eigenvalue weighted by Gasteiger charge is -2.17. The fraction of sp³-hybridized carbons (Fsp3) is 0.385. The van der Waals surface area contributed by atoms with E-state index in [0.29, 0.717) is 5.56 Å². The van der Waals surface area contributed by atoms with E-state index in [2.05, 4.69) is 5.32 Å². The molecule has 1 aromatic rings. The average molecular weight is 327 g/mol. The second kappa shape index (κ2) is 6.08. The highest BCUT2D eigenvalue weighted by Gasteiger charge is 2.27. The van der Waals surface area contributed by atoms with Crippen LogP contribution in [0.5, 0.6) is 0 Å². The van der Waals surface area contributed by atoms with E-state index in [1.54, 1.807) is 12.1 Å². The number of carbonyl (C=O) groups excluding carboxylic acids is 1. The van der Waals surface area contributed by atoms with Crippen molar-refractivity contribution >= 4 is 33.1 Å². The number of likely N-dealkylation sites (N-methyl/N-ethyl adjacent to an activating group) is 1. The first kappa shape index (κ1) is 15.9. The van der Waals surface area contributed by atoms with Crippen LogP contribution in [0, 0.1) is 0 Å². The topological polar surface area (TPSA) is 92.5 Å². The zero-order valence-corrected chi connectivity index (χ0v) is 13.2. The van der Waals surface area contributed by atoms with Crippen molar-refractivity contribution in [3.05, 3.63) is 29.8 Å². The Morgan fingerprint density at radius 3 is 2.43 bits per heavy atom. The van der Waals surface area contributed by atoms with Crippen LogP contribution in [0.3, 0.4) is 0 Å². The largest absolute Gasteiger partial charge is 0.389 e. The Morgan fingerprint density at radius 1 is 1.38 bits per heavy atom. The molecule has 3 N–H and O–H groups in total. The minimum atomic E-state index is -3.70. The molecule has 21 heavy (non-hydrogen) atoms. The van der Waals surface area contributed by atoms with Gasteiger partial charge in [0.1, 0.15) is 4.99 Å². The third-order valence-electron chi connectivity index (χ3n) is 3.16. The average Bonchev–Trinajstić information content (AvgIpc) is 3.22. The Labute approximate surface area is 129 Å². The van der Waals surface area contributed by atoms with Crippen LogP contribution in [0.15, 0.2) is 29.2 Å². The molecule has 0 radical (unpaired) electrons. The van der Waals surface area contributed by atoms with Gasteiger partial charge in [0, 0.05) is 18.7 Å². The van der Waals surface area contributed by atoms with Gasteiger partial charge in [0.05, 0.1) is 11.4 Å². The summed E-state index contributed by atoms with van der Waals surface area (Å²) >= 11 is 4.82. The zero-order valence-electron chi connectivity index (χ0n) is 11.6. The monoisotopic (exact) mass is 327 g/mol. The van der Waals surface area contributed by atoms with Gasteiger partial charge in [-0.1, -0.05) is 24.4 Å². The number of nitrogens with zero attached hydrogens (tertiary/aromatic N) is 1. The number of nitrogens with one attached hydrogen (secondary N) is 1. The Morgan fingerprint density at radius 2 is 1.95 bits per heavy atom. The molecular weight excluding hydrogens is 310 g/mol. The quantitative estimate of drug-likeness (QED) is 0.729. The highest BCUT2D eigenvalue weighted by atomic mass is 32.2. The molecule has 0 aliphatic heterocycles. The summed E-state index contributed by atoms with van der Waals surface area (Å²) in [6.45, 7) is -0.199. The molecule has 0 bridgehead atoms. The summed E-state index contributed by atoms with van der Waals surface area (Å²) in [6.07, 6.45) is 1.92. The van der Waals surface area contributed by atoms with Crippen molar-refractivity contribution in [1.82, 2.24) is 9.62 Å². The maximum Gasteiger partial charge on any atom is 0.243 e. The van der Waals surface area contributed by atoms with Crippen LogP contribution in [-0.2, 0) is 14.8 Å². The minimum Gasteiger partial charge on any atom is -0.389 e. The van der Waals surface area contributed by atoms with E-state index in [4.69, 9.17) is 18.0 Å². The molecule has 1 aliphatic rings. The second-order valence-corrected chi connectivity index (χ2v) is 7.48. The van der Waals surface area contributed by atoms with Gasteiger partial charge in [0.2, 0.25) is 15.9 Å². The molecular formula is C13H17N3O3S2. The van der Waals surface area contributed by atoms with Crippen LogP contribution in [0.1, 0.15) is 18.4 Å². The van der Waals surface area contributed by atoms with Gasteiger partial charge >= 0.3 is 0 Å². The zero-order chi connectivity index (χ0) is 15.6. The summed E-state index contributed by atoms with van der Waals surface area (Å²) in [5, 5.41) is 2.75. The van der Waals surface area contributed by atoms with Gasteiger partial charge in [-0.05, 0) is 25.0 Å². The van der Waals surface area contributed by atoms with Crippen molar-refractivity contribution in [3.63, 3.8) is 0 Å². The summed E-state index contributed by atoms with van der Waals surface area (Å²) in [7, 11) is -2.33. The maximum atomic E-state index is 12.3. The van der Waals surface area contributed by atoms with E-state index in [9.17, 15) is 13.2 Å². The number of carbonyl (C=O) groups is 1. The molecule has 0 heterocycles. The van der Waals surface area contributed by atoms with Gasteiger partial charge in [0.15, 0.2) is 0 Å². The standard InChI is InChI=1S/C13H17N3O3S2/c1-16(8-12(17)15-10-4-5-10)21(18,19)11-6-2-9(3-7-11)13(14)20/h2-3,6-7,10H,4-5,8H2,1H3,(H2,14,20)(H,15,17). The van der Waals surface area contributed by atoms with Crippen LogP contribution in [-0.4, -0.2) is 43.3 Å². The minimum absolute atomic E-state index is 0.101. The molecule has 0 spiro atoms. The summed E-state index contributed by atoms with van der Waals surface area (Å²) in [6, 6.07) is 6.16. The third kappa shape index (κ3) is 3.99. The van der Waals surface area contributed by atoms with E-state index in [1.807, 2.05) is 0 Å². The molecule has 1 aromatic carbocycles. The normalized spacial score (nSPS) is 15.0. The predicted octanol–water partition coefficient (Wildman–Crippen LogP) is 0.220. The molecule has 2 rings (SSSR count). The van der Waals surface area contributed by atoms with Crippen molar-refractivity contribution in [2.24, 2.45) is 5.73 Å². The van der Waals surface area contributed by atoms with E-state index >= 15 is 0 Å². The molecule has 1 aliphatic carbocycles. The first-order valence-corrected chi connectivity index (χ1v) is 8.31. The fourth-order valence-corrected chi connectivity index (χ4v) is 3.02. The Hall–Kier alpha value is -1.51. The highest BCUT2D eigenvalue weighted by Crippen LogP contribution is 2.19. The van der Waals surface area contributed by atoms with Gasteiger partial charge < -0.3 is 11.1 Å². The van der Waals surface area contributed by atoms with Crippen LogP contribution in [0.2, 0.25) is 0 Å². The Bertz CT molecular complexity index is 652. The number of amides is 1. The number of hydrogen-bond donors (Lipinski definition) is 2.